The van der Waals surface area contributed by atoms with Gasteiger partial charge in [-0.05, 0) is 45.1 Å². The third-order valence-corrected chi connectivity index (χ3v) is 4.62. The van der Waals surface area contributed by atoms with Crippen LogP contribution in [0.25, 0.3) is 0 Å². The number of carbonyl (C=O) groups excluding carboxylic acids is 1. The van der Waals surface area contributed by atoms with Crippen LogP contribution in [0.5, 0.6) is 0 Å². The van der Waals surface area contributed by atoms with Gasteiger partial charge in [0.1, 0.15) is 0 Å². The van der Waals surface area contributed by atoms with Crippen molar-refractivity contribution < 1.29 is 9.53 Å². The summed E-state index contributed by atoms with van der Waals surface area (Å²) in [5.41, 5.74) is -0.394. The zero-order chi connectivity index (χ0) is 13.1. The van der Waals surface area contributed by atoms with E-state index in [2.05, 4.69) is 17.6 Å². The second-order valence-electron chi connectivity index (χ2n) is 5.79. The zero-order valence-electron chi connectivity index (χ0n) is 11.7. The molecule has 0 radical (unpaired) electrons. The van der Waals surface area contributed by atoms with Crippen LogP contribution in [0, 0.1) is 0 Å². The second kappa shape index (κ2) is 5.57. The summed E-state index contributed by atoms with van der Waals surface area (Å²) in [5, 5.41) is 6.53. The van der Waals surface area contributed by atoms with Crippen LogP contribution in [0.15, 0.2) is 0 Å². The molecule has 1 aliphatic carbocycles. The van der Waals surface area contributed by atoms with Crippen LogP contribution >= 0.6 is 0 Å². The first-order valence-electron chi connectivity index (χ1n) is 7.25. The van der Waals surface area contributed by atoms with Gasteiger partial charge < -0.3 is 15.4 Å². The maximum absolute atomic E-state index is 12.4. The van der Waals surface area contributed by atoms with E-state index in [9.17, 15) is 4.79 Å². The SMILES string of the molecule is CCCC1(C(=O)NCC2(OC)CCC2)CCCN1. The molecule has 1 saturated carbocycles. The van der Waals surface area contributed by atoms with Gasteiger partial charge in [-0.1, -0.05) is 13.3 Å². The van der Waals surface area contributed by atoms with E-state index >= 15 is 0 Å². The lowest BCUT2D eigenvalue weighted by Gasteiger charge is -2.41. The Morgan fingerprint density at radius 3 is 2.56 bits per heavy atom. The lowest BCUT2D eigenvalue weighted by molar-refractivity contribution is -0.131. The second-order valence-corrected chi connectivity index (χ2v) is 5.79. The molecule has 4 heteroatoms. The molecule has 1 unspecified atom stereocenters. The number of carbonyl (C=O) groups is 1. The van der Waals surface area contributed by atoms with E-state index in [0.717, 1.165) is 45.1 Å². The summed E-state index contributed by atoms with van der Waals surface area (Å²) < 4.78 is 5.54. The highest BCUT2D eigenvalue weighted by atomic mass is 16.5. The summed E-state index contributed by atoms with van der Waals surface area (Å²) in [4.78, 5) is 12.4. The summed E-state index contributed by atoms with van der Waals surface area (Å²) in [7, 11) is 1.75. The molecule has 2 rings (SSSR count). The molecule has 1 amide bonds. The Labute approximate surface area is 110 Å². The minimum Gasteiger partial charge on any atom is -0.376 e. The Balaban J connectivity index is 1.89. The molecule has 0 aromatic heterocycles. The molecule has 2 aliphatic rings. The lowest BCUT2D eigenvalue weighted by atomic mass is 9.79. The van der Waals surface area contributed by atoms with E-state index in [1.165, 1.54) is 6.42 Å². The van der Waals surface area contributed by atoms with Gasteiger partial charge in [-0.3, -0.25) is 4.79 Å². The highest BCUT2D eigenvalue weighted by Gasteiger charge is 2.42. The molecule has 18 heavy (non-hydrogen) atoms. The van der Waals surface area contributed by atoms with Gasteiger partial charge >= 0.3 is 0 Å². The molecule has 0 aromatic rings. The molecule has 2 N–H and O–H groups in total. The summed E-state index contributed by atoms with van der Waals surface area (Å²) in [6.45, 7) is 3.76. The van der Waals surface area contributed by atoms with Gasteiger partial charge in [0.25, 0.3) is 0 Å². The van der Waals surface area contributed by atoms with E-state index in [1.807, 2.05) is 0 Å². The highest BCUT2D eigenvalue weighted by Crippen LogP contribution is 2.34. The van der Waals surface area contributed by atoms with Crippen molar-refractivity contribution in [3.05, 3.63) is 0 Å². The van der Waals surface area contributed by atoms with E-state index in [4.69, 9.17) is 4.74 Å². The Hall–Kier alpha value is -0.610. The molecular weight excluding hydrogens is 228 g/mol. The third kappa shape index (κ3) is 2.54. The quantitative estimate of drug-likeness (QED) is 0.757. The van der Waals surface area contributed by atoms with Crippen molar-refractivity contribution in [2.75, 3.05) is 20.2 Å². The number of amides is 1. The van der Waals surface area contributed by atoms with Crippen molar-refractivity contribution in [3.63, 3.8) is 0 Å². The highest BCUT2D eigenvalue weighted by molar-refractivity contribution is 5.86. The molecule has 4 nitrogen and oxygen atoms in total. The predicted molar refractivity (Wildman–Crippen MR) is 71.5 cm³/mol. The molecule has 104 valence electrons. The standard InChI is InChI=1S/C14H26N2O2/c1-3-6-14(9-5-10-16-14)12(17)15-11-13(18-2)7-4-8-13/h16H,3-11H2,1-2H3,(H,15,17). The molecule has 1 aliphatic heterocycles. The van der Waals surface area contributed by atoms with E-state index in [1.54, 1.807) is 7.11 Å². The predicted octanol–water partition coefficient (Wildman–Crippen LogP) is 1.59. The Kier molecular flexibility index (Phi) is 4.28. The number of ether oxygens (including phenoxy) is 1. The van der Waals surface area contributed by atoms with Crippen molar-refractivity contribution >= 4 is 5.91 Å². The van der Waals surface area contributed by atoms with Gasteiger partial charge in [-0.25, -0.2) is 0 Å². The van der Waals surface area contributed by atoms with Gasteiger partial charge in [0.05, 0.1) is 11.1 Å². The Morgan fingerprint density at radius 1 is 1.33 bits per heavy atom. The Morgan fingerprint density at radius 2 is 2.11 bits per heavy atom. The first kappa shape index (κ1) is 13.8. The molecule has 1 atom stereocenters. The molecule has 1 heterocycles. The topological polar surface area (TPSA) is 50.4 Å². The van der Waals surface area contributed by atoms with Gasteiger partial charge in [0.15, 0.2) is 0 Å². The van der Waals surface area contributed by atoms with Crippen LogP contribution < -0.4 is 10.6 Å². The Bertz CT molecular complexity index is 289. The average Bonchev–Trinajstić information content (AvgIpc) is 2.78. The normalized spacial score (nSPS) is 29.9. The summed E-state index contributed by atoms with van der Waals surface area (Å²) in [5.74, 6) is 0.171. The number of methoxy groups -OCH3 is 1. The van der Waals surface area contributed by atoms with Gasteiger partial charge in [-0.15, -0.1) is 0 Å². The molecular formula is C14H26N2O2. The number of hydrogen-bond donors (Lipinski definition) is 2. The first-order chi connectivity index (χ1) is 8.66. The van der Waals surface area contributed by atoms with Crippen LogP contribution in [0.3, 0.4) is 0 Å². The minimum atomic E-state index is -0.312. The average molecular weight is 254 g/mol. The van der Waals surface area contributed by atoms with E-state index in [0.29, 0.717) is 6.54 Å². The molecule has 2 fully saturated rings. The van der Waals surface area contributed by atoms with Crippen LogP contribution in [-0.4, -0.2) is 37.2 Å². The number of rotatable bonds is 6. The van der Waals surface area contributed by atoms with Gasteiger partial charge in [0.2, 0.25) is 5.91 Å². The summed E-state index contributed by atoms with van der Waals surface area (Å²) in [6, 6.07) is 0. The fourth-order valence-corrected chi connectivity index (χ4v) is 3.19. The van der Waals surface area contributed by atoms with Gasteiger partial charge in [0, 0.05) is 13.7 Å². The van der Waals surface area contributed by atoms with Crippen molar-refractivity contribution in [2.45, 2.75) is 63.0 Å². The van der Waals surface area contributed by atoms with Crippen molar-refractivity contribution in [3.8, 4) is 0 Å². The van der Waals surface area contributed by atoms with Crippen molar-refractivity contribution in [2.24, 2.45) is 0 Å². The number of nitrogens with one attached hydrogen (secondary N) is 2. The van der Waals surface area contributed by atoms with Crippen LogP contribution in [0.4, 0.5) is 0 Å². The van der Waals surface area contributed by atoms with E-state index < -0.39 is 0 Å². The lowest BCUT2D eigenvalue weighted by Crippen LogP contribution is -2.57. The summed E-state index contributed by atoms with van der Waals surface area (Å²) in [6.07, 6.45) is 7.38. The monoisotopic (exact) mass is 254 g/mol. The first-order valence-corrected chi connectivity index (χ1v) is 7.25. The fourth-order valence-electron chi connectivity index (χ4n) is 3.19. The molecule has 0 aromatic carbocycles. The minimum absolute atomic E-state index is 0.0817. The van der Waals surface area contributed by atoms with Crippen molar-refractivity contribution in [1.29, 1.82) is 0 Å². The smallest absolute Gasteiger partial charge is 0.240 e. The van der Waals surface area contributed by atoms with Crippen LogP contribution in [0.2, 0.25) is 0 Å². The van der Waals surface area contributed by atoms with Gasteiger partial charge in [-0.2, -0.15) is 0 Å². The fraction of sp³-hybridized carbons (Fsp3) is 0.929. The third-order valence-electron chi connectivity index (χ3n) is 4.62. The molecule has 0 bridgehead atoms. The molecule has 1 saturated heterocycles. The maximum atomic E-state index is 12.4. The van der Waals surface area contributed by atoms with Crippen LogP contribution in [-0.2, 0) is 9.53 Å². The maximum Gasteiger partial charge on any atom is 0.240 e. The summed E-state index contributed by atoms with van der Waals surface area (Å²) >= 11 is 0. The number of hydrogen-bond acceptors (Lipinski definition) is 3. The van der Waals surface area contributed by atoms with Crippen molar-refractivity contribution in [1.82, 2.24) is 10.6 Å². The molecule has 0 spiro atoms. The largest absolute Gasteiger partial charge is 0.376 e. The zero-order valence-corrected chi connectivity index (χ0v) is 11.7. The van der Waals surface area contributed by atoms with E-state index in [-0.39, 0.29) is 17.0 Å². The van der Waals surface area contributed by atoms with Crippen LogP contribution in [0.1, 0.15) is 51.9 Å².